The fourth-order valence-corrected chi connectivity index (χ4v) is 5.91. The molecule has 1 N–H and O–H groups in total. The third kappa shape index (κ3) is 5.95. The monoisotopic (exact) mass is 538 g/mol. The predicted octanol–water partition coefficient (Wildman–Crippen LogP) is 7.37. The van der Waals surface area contributed by atoms with Crippen LogP contribution in [0.1, 0.15) is 55.7 Å². The molecule has 0 spiro atoms. The molecule has 3 aromatic carbocycles. The van der Waals surface area contributed by atoms with Crippen molar-refractivity contribution >= 4 is 52.2 Å². The van der Waals surface area contributed by atoms with Gasteiger partial charge in [0.05, 0.1) is 12.8 Å². The van der Waals surface area contributed by atoms with Crippen LogP contribution in [0.25, 0.3) is 21.5 Å². The lowest BCUT2D eigenvalue weighted by Gasteiger charge is -2.33. The van der Waals surface area contributed by atoms with E-state index in [0.717, 1.165) is 55.1 Å². The highest BCUT2D eigenvalue weighted by Gasteiger charge is 2.24. The second-order valence-corrected chi connectivity index (χ2v) is 10.2. The number of likely N-dealkylation sites (tertiary alicyclic amines) is 1. The summed E-state index contributed by atoms with van der Waals surface area (Å²) in [6.07, 6.45) is 7.23. The van der Waals surface area contributed by atoms with Gasteiger partial charge in [-0.05, 0) is 66.3 Å². The van der Waals surface area contributed by atoms with Crippen molar-refractivity contribution < 1.29 is 4.74 Å². The van der Waals surface area contributed by atoms with Crippen LogP contribution < -0.4 is 10.1 Å². The Hall–Kier alpha value is -2.60. The first-order chi connectivity index (χ1) is 17.3. The molecule has 7 heteroatoms. The molecule has 37 heavy (non-hydrogen) atoms. The molecule has 0 radical (unpaired) electrons. The smallest absolute Gasteiger partial charge is 0.156 e. The number of aromatic nitrogens is 2. The maximum Gasteiger partial charge on any atom is 0.156 e. The van der Waals surface area contributed by atoms with Crippen LogP contribution >= 0.6 is 24.8 Å². The van der Waals surface area contributed by atoms with Gasteiger partial charge in [-0.15, -0.1) is 29.9 Å². The van der Waals surface area contributed by atoms with E-state index in [2.05, 4.69) is 70.9 Å². The van der Waals surface area contributed by atoms with Crippen LogP contribution in [-0.2, 0) is 6.54 Å². The molecule has 0 bridgehead atoms. The Morgan fingerprint density at radius 1 is 0.838 bits per heavy atom. The van der Waals surface area contributed by atoms with Gasteiger partial charge in [-0.2, -0.15) is 5.10 Å². The third-order valence-electron chi connectivity index (χ3n) is 7.91. The minimum absolute atomic E-state index is 0. The molecular formula is C30H36Cl2N4O. The van der Waals surface area contributed by atoms with Gasteiger partial charge in [0.2, 0.25) is 0 Å². The summed E-state index contributed by atoms with van der Waals surface area (Å²) >= 11 is 0. The SMILES string of the molecule is COc1ccc2c(C3CCCC3)nnc(NC3CCN(Cc4ccc5ccccc5c4)CC3)c2c1.Cl.Cl. The summed E-state index contributed by atoms with van der Waals surface area (Å²) in [5.74, 6) is 2.30. The number of rotatable bonds is 6. The summed E-state index contributed by atoms with van der Waals surface area (Å²) in [5, 5.41) is 18.2. The number of benzene rings is 3. The van der Waals surface area contributed by atoms with Gasteiger partial charge in [0.1, 0.15) is 5.75 Å². The Balaban J connectivity index is 0.00000160. The third-order valence-corrected chi connectivity index (χ3v) is 7.91. The van der Waals surface area contributed by atoms with Crippen LogP contribution in [0.5, 0.6) is 5.75 Å². The zero-order chi connectivity index (χ0) is 23.6. The molecule has 0 unspecified atom stereocenters. The van der Waals surface area contributed by atoms with Crippen LogP contribution in [0.4, 0.5) is 5.82 Å². The van der Waals surface area contributed by atoms with Crippen LogP contribution in [-0.4, -0.2) is 41.3 Å². The number of nitrogens with one attached hydrogen (secondary N) is 1. The lowest BCUT2D eigenvalue weighted by atomic mass is 9.97. The number of hydrogen-bond donors (Lipinski definition) is 1. The van der Waals surface area contributed by atoms with Gasteiger partial charge >= 0.3 is 0 Å². The number of nitrogens with zero attached hydrogens (tertiary/aromatic N) is 3. The van der Waals surface area contributed by atoms with E-state index in [4.69, 9.17) is 14.9 Å². The number of fused-ring (bicyclic) bond motifs is 2. The average molecular weight is 540 g/mol. The molecule has 0 amide bonds. The van der Waals surface area contributed by atoms with Crippen LogP contribution in [0.2, 0.25) is 0 Å². The van der Waals surface area contributed by atoms with E-state index in [0.29, 0.717) is 12.0 Å². The van der Waals surface area contributed by atoms with Gasteiger partial charge in [0.25, 0.3) is 0 Å². The molecule has 1 saturated carbocycles. The summed E-state index contributed by atoms with van der Waals surface area (Å²) in [5.41, 5.74) is 2.55. The van der Waals surface area contributed by atoms with Crippen LogP contribution in [0, 0.1) is 0 Å². The van der Waals surface area contributed by atoms with E-state index in [9.17, 15) is 0 Å². The molecular weight excluding hydrogens is 503 g/mol. The Kier molecular flexibility index (Phi) is 9.12. The summed E-state index contributed by atoms with van der Waals surface area (Å²) in [7, 11) is 1.73. The zero-order valence-electron chi connectivity index (χ0n) is 21.4. The lowest BCUT2D eigenvalue weighted by Crippen LogP contribution is -2.38. The number of hydrogen-bond acceptors (Lipinski definition) is 5. The predicted molar refractivity (Wildman–Crippen MR) is 158 cm³/mol. The minimum atomic E-state index is 0. The molecule has 6 rings (SSSR count). The van der Waals surface area contributed by atoms with Crippen molar-refractivity contribution in [3.63, 3.8) is 0 Å². The van der Waals surface area contributed by atoms with Gasteiger partial charge in [-0.3, -0.25) is 4.90 Å². The molecule has 2 aliphatic rings. The van der Waals surface area contributed by atoms with E-state index in [1.54, 1.807) is 7.11 Å². The fourth-order valence-electron chi connectivity index (χ4n) is 5.91. The molecule has 196 valence electrons. The molecule has 1 aliphatic carbocycles. The maximum absolute atomic E-state index is 5.55. The number of methoxy groups -OCH3 is 1. The highest BCUT2D eigenvalue weighted by atomic mass is 35.5. The molecule has 1 aliphatic heterocycles. The minimum Gasteiger partial charge on any atom is -0.497 e. The van der Waals surface area contributed by atoms with Crippen LogP contribution in [0.15, 0.2) is 60.7 Å². The highest BCUT2D eigenvalue weighted by Crippen LogP contribution is 2.38. The molecule has 0 atom stereocenters. The summed E-state index contributed by atoms with van der Waals surface area (Å²) < 4.78 is 5.55. The quantitative estimate of drug-likeness (QED) is 0.277. The Morgan fingerprint density at radius 2 is 1.59 bits per heavy atom. The molecule has 2 fully saturated rings. The summed E-state index contributed by atoms with van der Waals surface area (Å²) in [4.78, 5) is 2.57. The first-order valence-corrected chi connectivity index (χ1v) is 13.1. The normalized spacial score (nSPS) is 16.9. The largest absolute Gasteiger partial charge is 0.497 e. The Morgan fingerprint density at radius 3 is 2.35 bits per heavy atom. The number of piperidine rings is 1. The van der Waals surface area contributed by atoms with Crippen LogP contribution in [0.3, 0.4) is 0 Å². The van der Waals surface area contributed by atoms with Crippen molar-refractivity contribution in [3.05, 3.63) is 71.9 Å². The second kappa shape index (κ2) is 12.3. The molecule has 4 aromatic rings. The summed E-state index contributed by atoms with van der Waals surface area (Å²) in [6, 6.07) is 22.2. The molecule has 2 heterocycles. The van der Waals surface area contributed by atoms with E-state index < -0.39 is 0 Å². The van der Waals surface area contributed by atoms with Gasteiger partial charge in [0.15, 0.2) is 5.82 Å². The van der Waals surface area contributed by atoms with Crippen molar-refractivity contribution in [3.8, 4) is 5.75 Å². The van der Waals surface area contributed by atoms with Crippen molar-refractivity contribution in [1.82, 2.24) is 15.1 Å². The van der Waals surface area contributed by atoms with Gasteiger partial charge < -0.3 is 10.1 Å². The maximum atomic E-state index is 5.55. The Labute approximate surface area is 231 Å². The highest BCUT2D eigenvalue weighted by molar-refractivity contribution is 5.94. The summed E-state index contributed by atoms with van der Waals surface area (Å²) in [6.45, 7) is 3.17. The lowest BCUT2D eigenvalue weighted by molar-refractivity contribution is 0.211. The topological polar surface area (TPSA) is 50.3 Å². The van der Waals surface area contributed by atoms with Crippen molar-refractivity contribution in [2.24, 2.45) is 0 Å². The standard InChI is InChI=1S/C30H34N4O.2ClH/c1-35-26-12-13-27-28(19-26)30(33-32-29(27)23-7-3-4-8-23)31-25-14-16-34(17-15-25)20-21-10-11-22-6-2-5-9-24(22)18-21;;/h2,5-6,9-13,18-19,23,25H,3-4,7-8,14-17,20H2,1H3,(H,31,33);2*1H. The second-order valence-electron chi connectivity index (χ2n) is 10.2. The van der Waals surface area contributed by atoms with Gasteiger partial charge in [0, 0.05) is 42.4 Å². The van der Waals surface area contributed by atoms with E-state index in [1.807, 2.05) is 0 Å². The van der Waals surface area contributed by atoms with Gasteiger partial charge in [-0.1, -0.05) is 49.2 Å². The first kappa shape index (κ1) is 27.4. The first-order valence-electron chi connectivity index (χ1n) is 13.1. The fraction of sp³-hybridized carbons (Fsp3) is 0.400. The molecule has 5 nitrogen and oxygen atoms in total. The molecule has 1 aromatic heterocycles. The number of ether oxygens (including phenoxy) is 1. The number of anilines is 1. The van der Waals surface area contributed by atoms with Crippen molar-refractivity contribution in [2.75, 3.05) is 25.5 Å². The van der Waals surface area contributed by atoms with Crippen molar-refractivity contribution in [2.45, 2.75) is 57.0 Å². The van der Waals surface area contributed by atoms with E-state index in [1.165, 1.54) is 47.4 Å². The van der Waals surface area contributed by atoms with Gasteiger partial charge in [-0.25, -0.2) is 0 Å². The molecule has 1 saturated heterocycles. The zero-order valence-corrected chi connectivity index (χ0v) is 23.0. The van der Waals surface area contributed by atoms with Crippen molar-refractivity contribution in [1.29, 1.82) is 0 Å². The number of halogens is 2. The van der Waals surface area contributed by atoms with E-state index >= 15 is 0 Å². The van der Waals surface area contributed by atoms with E-state index in [-0.39, 0.29) is 24.8 Å². The Bertz CT molecular complexity index is 1330. The average Bonchev–Trinajstić information content (AvgIpc) is 3.44.